The number of H-pyrrole nitrogens is 1. The number of nitrogens with one attached hydrogen (secondary N) is 2. The molecule has 0 fully saturated rings. The van der Waals surface area contributed by atoms with E-state index in [-0.39, 0.29) is 21.6 Å². The zero-order chi connectivity index (χ0) is 17.7. The Bertz CT molecular complexity index is 1030. The Morgan fingerprint density at radius 2 is 2.00 bits per heavy atom. The Balaban J connectivity index is 2.02. The SMILES string of the molecule is O=S(=O)(Nc1ccc(F)c2c(Cl)c[nH]c12)c1nc(C(F)(F)F)cs1. The molecule has 0 spiro atoms. The van der Waals surface area contributed by atoms with E-state index in [2.05, 4.69) is 14.7 Å². The molecule has 0 radical (unpaired) electrons. The second-order valence-electron chi connectivity index (χ2n) is 4.58. The van der Waals surface area contributed by atoms with Gasteiger partial charge in [0.05, 0.1) is 21.6 Å². The van der Waals surface area contributed by atoms with Crippen molar-refractivity contribution in [1.82, 2.24) is 9.97 Å². The van der Waals surface area contributed by atoms with Crippen molar-refractivity contribution in [2.24, 2.45) is 0 Å². The minimum atomic E-state index is -4.75. The fourth-order valence-corrected chi connectivity index (χ4v) is 4.28. The summed E-state index contributed by atoms with van der Waals surface area (Å²) >= 11 is 6.13. The van der Waals surface area contributed by atoms with Crippen molar-refractivity contribution in [3.05, 3.63) is 40.2 Å². The van der Waals surface area contributed by atoms with Crippen molar-refractivity contribution in [2.75, 3.05) is 4.72 Å². The monoisotopic (exact) mass is 399 g/mol. The van der Waals surface area contributed by atoms with Crippen molar-refractivity contribution >= 4 is 49.6 Å². The van der Waals surface area contributed by atoms with Crippen LogP contribution in [0.2, 0.25) is 5.02 Å². The van der Waals surface area contributed by atoms with Gasteiger partial charge in [-0.2, -0.15) is 21.6 Å². The van der Waals surface area contributed by atoms with Crippen LogP contribution in [0.15, 0.2) is 28.0 Å². The van der Waals surface area contributed by atoms with Gasteiger partial charge in [-0.15, -0.1) is 11.3 Å². The van der Waals surface area contributed by atoms with Crippen molar-refractivity contribution in [3.63, 3.8) is 0 Å². The first-order chi connectivity index (χ1) is 11.1. The van der Waals surface area contributed by atoms with E-state index in [4.69, 9.17) is 11.6 Å². The molecule has 3 aromatic rings. The van der Waals surface area contributed by atoms with E-state index in [0.29, 0.717) is 16.7 Å². The number of aromatic amines is 1. The molecule has 0 aliphatic heterocycles. The lowest BCUT2D eigenvalue weighted by Gasteiger charge is -2.07. The fourth-order valence-electron chi connectivity index (χ4n) is 1.95. The number of nitrogens with zero attached hydrogens (tertiary/aromatic N) is 1. The van der Waals surface area contributed by atoms with E-state index in [1.165, 1.54) is 6.20 Å². The maximum Gasteiger partial charge on any atom is 0.434 e. The summed E-state index contributed by atoms with van der Waals surface area (Å²) in [6.07, 6.45) is -3.49. The summed E-state index contributed by atoms with van der Waals surface area (Å²) in [4.78, 5) is 5.69. The molecule has 0 aliphatic rings. The summed E-state index contributed by atoms with van der Waals surface area (Å²) in [5.41, 5.74) is -1.31. The van der Waals surface area contributed by atoms with Gasteiger partial charge in [0.2, 0.25) is 4.34 Å². The second kappa shape index (κ2) is 5.60. The highest BCUT2D eigenvalue weighted by Crippen LogP contribution is 2.34. The number of aromatic nitrogens is 2. The summed E-state index contributed by atoms with van der Waals surface area (Å²) in [5, 5.41) is 0.601. The molecule has 128 valence electrons. The highest BCUT2D eigenvalue weighted by atomic mass is 35.5. The number of sulfonamides is 1. The molecule has 0 bridgehead atoms. The molecule has 2 N–H and O–H groups in total. The predicted molar refractivity (Wildman–Crippen MR) is 81.2 cm³/mol. The van der Waals surface area contributed by atoms with Gasteiger partial charge in [-0.3, -0.25) is 4.72 Å². The Kier molecular flexibility index (Phi) is 3.97. The molecule has 2 heterocycles. The van der Waals surface area contributed by atoms with Crippen LogP contribution in [0.25, 0.3) is 10.9 Å². The lowest BCUT2D eigenvalue weighted by molar-refractivity contribution is -0.141. The van der Waals surface area contributed by atoms with E-state index in [0.717, 1.165) is 12.1 Å². The van der Waals surface area contributed by atoms with E-state index in [9.17, 15) is 26.0 Å². The van der Waals surface area contributed by atoms with Crippen molar-refractivity contribution in [3.8, 4) is 0 Å². The first-order valence-electron chi connectivity index (χ1n) is 6.10. The first-order valence-corrected chi connectivity index (χ1v) is 8.84. The Hall–Kier alpha value is -1.85. The molecular formula is C12H6ClF4N3O2S2. The van der Waals surface area contributed by atoms with E-state index < -0.39 is 32.1 Å². The average Bonchev–Trinajstić information content (AvgIpc) is 3.09. The van der Waals surface area contributed by atoms with Gasteiger partial charge in [0.1, 0.15) is 5.82 Å². The molecule has 0 saturated heterocycles. The second-order valence-corrected chi connectivity index (χ2v) is 7.70. The van der Waals surface area contributed by atoms with Crippen LogP contribution >= 0.6 is 22.9 Å². The van der Waals surface area contributed by atoms with E-state index >= 15 is 0 Å². The van der Waals surface area contributed by atoms with E-state index in [1.54, 1.807) is 0 Å². The number of fused-ring (bicyclic) bond motifs is 1. The lowest BCUT2D eigenvalue weighted by atomic mass is 10.2. The zero-order valence-corrected chi connectivity index (χ0v) is 13.7. The van der Waals surface area contributed by atoms with Crippen LogP contribution in [0, 0.1) is 5.82 Å². The molecule has 1 aromatic carbocycles. The smallest absolute Gasteiger partial charge is 0.358 e. The lowest BCUT2D eigenvalue weighted by Crippen LogP contribution is -2.14. The van der Waals surface area contributed by atoms with Crippen LogP contribution in [-0.2, 0) is 16.2 Å². The van der Waals surface area contributed by atoms with Crippen LogP contribution in [0.4, 0.5) is 23.2 Å². The topological polar surface area (TPSA) is 74.8 Å². The molecule has 0 atom stereocenters. The molecule has 2 aromatic heterocycles. The zero-order valence-electron chi connectivity index (χ0n) is 11.3. The summed E-state index contributed by atoms with van der Waals surface area (Å²) in [6.45, 7) is 0. The maximum atomic E-state index is 13.7. The molecule has 0 amide bonds. The van der Waals surface area contributed by atoms with Crippen LogP contribution in [-0.4, -0.2) is 18.4 Å². The van der Waals surface area contributed by atoms with Gasteiger partial charge in [-0.1, -0.05) is 11.6 Å². The Morgan fingerprint density at radius 3 is 2.62 bits per heavy atom. The minimum Gasteiger partial charge on any atom is -0.358 e. The number of thiazole rings is 1. The summed E-state index contributed by atoms with van der Waals surface area (Å²) in [5.74, 6) is -0.673. The molecule has 12 heteroatoms. The average molecular weight is 400 g/mol. The van der Waals surface area contributed by atoms with Crippen molar-refractivity contribution in [1.29, 1.82) is 0 Å². The minimum absolute atomic E-state index is 0.0352. The van der Waals surface area contributed by atoms with Crippen LogP contribution < -0.4 is 4.72 Å². The summed E-state index contributed by atoms with van der Waals surface area (Å²) < 4.78 is 77.1. The molecule has 0 unspecified atom stereocenters. The third kappa shape index (κ3) is 2.94. The van der Waals surface area contributed by atoms with Gasteiger partial charge in [0.15, 0.2) is 5.69 Å². The third-order valence-electron chi connectivity index (χ3n) is 2.98. The molecule has 0 aliphatic carbocycles. The Labute approximate surface area is 141 Å². The normalized spacial score (nSPS) is 12.7. The van der Waals surface area contributed by atoms with Gasteiger partial charge in [0.25, 0.3) is 10.0 Å². The highest BCUT2D eigenvalue weighted by Gasteiger charge is 2.35. The number of alkyl halides is 3. The molecular weight excluding hydrogens is 394 g/mol. The van der Waals surface area contributed by atoms with Crippen molar-refractivity contribution in [2.45, 2.75) is 10.5 Å². The first kappa shape index (κ1) is 17.0. The van der Waals surface area contributed by atoms with Crippen molar-refractivity contribution < 1.29 is 26.0 Å². The predicted octanol–water partition coefficient (Wildman–Crippen LogP) is 4.24. The molecule has 3 rings (SSSR count). The van der Waals surface area contributed by atoms with Gasteiger partial charge in [-0.05, 0) is 12.1 Å². The van der Waals surface area contributed by atoms with Gasteiger partial charge < -0.3 is 4.98 Å². The summed E-state index contributed by atoms with van der Waals surface area (Å²) in [6, 6.07) is 2.11. The van der Waals surface area contributed by atoms with E-state index in [1.807, 2.05) is 0 Å². The number of rotatable bonds is 3. The third-order valence-corrected chi connectivity index (χ3v) is 5.90. The Morgan fingerprint density at radius 1 is 1.29 bits per heavy atom. The highest BCUT2D eigenvalue weighted by molar-refractivity contribution is 7.94. The van der Waals surface area contributed by atoms with Crippen LogP contribution in [0.1, 0.15) is 5.69 Å². The van der Waals surface area contributed by atoms with Crippen LogP contribution in [0.3, 0.4) is 0 Å². The molecule has 5 nitrogen and oxygen atoms in total. The largest absolute Gasteiger partial charge is 0.434 e. The number of hydrogen-bond donors (Lipinski definition) is 2. The van der Waals surface area contributed by atoms with Gasteiger partial charge in [0, 0.05) is 11.6 Å². The number of halogens is 5. The van der Waals surface area contributed by atoms with Gasteiger partial charge >= 0.3 is 6.18 Å². The number of hydrogen-bond acceptors (Lipinski definition) is 4. The summed E-state index contributed by atoms with van der Waals surface area (Å²) in [7, 11) is -4.38. The standard InChI is InChI=1S/C12H6ClF4N3O2S2/c13-5-3-18-10-7(2-1-6(14)9(5)10)20-24(21,22)11-19-8(4-23-11)12(15,16)17/h1-4,18,20H. The number of benzene rings is 1. The maximum absolute atomic E-state index is 13.7. The quantitative estimate of drug-likeness (QED) is 0.647. The van der Waals surface area contributed by atoms with Gasteiger partial charge in [-0.25, -0.2) is 9.37 Å². The molecule has 0 saturated carbocycles. The fraction of sp³-hybridized carbons (Fsp3) is 0.0833. The van der Waals surface area contributed by atoms with Crippen LogP contribution in [0.5, 0.6) is 0 Å². The number of anilines is 1. The molecule has 24 heavy (non-hydrogen) atoms.